The molecule has 2 aliphatic rings. The molecular formula is C24H26ClN3O3. The third-order valence-electron chi connectivity index (χ3n) is 5.99. The van der Waals surface area contributed by atoms with Gasteiger partial charge in [0, 0.05) is 22.9 Å². The van der Waals surface area contributed by atoms with Crippen molar-refractivity contribution in [1.29, 1.82) is 0 Å². The van der Waals surface area contributed by atoms with E-state index in [1.54, 1.807) is 7.11 Å². The maximum atomic E-state index is 13.1. The molecule has 2 amide bonds. The third-order valence-corrected chi connectivity index (χ3v) is 6.32. The van der Waals surface area contributed by atoms with E-state index in [1.807, 2.05) is 48.5 Å². The Balaban J connectivity index is 1.55. The molecule has 1 aliphatic heterocycles. The van der Waals surface area contributed by atoms with E-state index in [4.69, 9.17) is 16.3 Å². The smallest absolute Gasteiger partial charge is 0.262 e. The summed E-state index contributed by atoms with van der Waals surface area (Å²) >= 11 is 6.38. The van der Waals surface area contributed by atoms with Crippen LogP contribution in [0, 0.1) is 5.92 Å². The molecule has 6 nitrogen and oxygen atoms in total. The average Bonchev–Trinajstić information content (AvgIpc) is 3.48. The summed E-state index contributed by atoms with van der Waals surface area (Å²) in [6, 6.07) is 14.8. The molecule has 31 heavy (non-hydrogen) atoms. The van der Waals surface area contributed by atoms with Crippen molar-refractivity contribution >= 4 is 29.1 Å². The molecule has 0 bridgehead atoms. The third kappa shape index (κ3) is 4.74. The molecule has 162 valence electrons. The second-order valence-corrected chi connectivity index (χ2v) is 8.36. The summed E-state index contributed by atoms with van der Waals surface area (Å²) in [6.07, 6.45) is 4.48. The molecule has 1 saturated carbocycles. The Bertz CT molecular complexity index is 984. The Morgan fingerprint density at radius 2 is 1.84 bits per heavy atom. The number of rotatable bonds is 6. The highest BCUT2D eigenvalue weighted by Crippen LogP contribution is 2.35. The zero-order chi connectivity index (χ0) is 21.8. The largest absolute Gasteiger partial charge is 0.497 e. The van der Waals surface area contributed by atoms with Crippen LogP contribution >= 0.6 is 11.6 Å². The first kappa shape index (κ1) is 21.4. The minimum Gasteiger partial charge on any atom is -0.497 e. The van der Waals surface area contributed by atoms with Gasteiger partial charge in [-0.05, 0) is 36.6 Å². The summed E-state index contributed by atoms with van der Waals surface area (Å²) in [4.78, 5) is 25.4. The first-order valence-corrected chi connectivity index (χ1v) is 11.0. The number of carbonyl (C=O) groups excluding carboxylic acids is 2. The van der Waals surface area contributed by atoms with Crippen molar-refractivity contribution in [1.82, 2.24) is 10.3 Å². The summed E-state index contributed by atoms with van der Waals surface area (Å²) in [6.45, 7) is -0.0682. The van der Waals surface area contributed by atoms with E-state index in [9.17, 15) is 9.59 Å². The van der Waals surface area contributed by atoms with Gasteiger partial charge < -0.3 is 10.1 Å². The molecule has 4 rings (SSSR count). The number of benzene rings is 2. The number of nitrogens with one attached hydrogen (secondary N) is 1. The second kappa shape index (κ2) is 9.52. The van der Waals surface area contributed by atoms with Crippen LogP contribution in [0.4, 0.5) is 0 Å². The Labute approximate surface area is 187 Å². The number of hydrazone groups is 1. The number of hydrogen-bond donors (Lipinski definition) is 1. The van der Waals surface area contributed by atoms with Crippen LogP contribution in [0.15, 0.2) is 53.6 Å². The van der Waals surface area contributed by atoms with Crippen molar-refractivity contribution in [3.05, 3.63) is 64.7 Å². The first-order valence-electron chi connectivity index (χ1n) is 10.6. The standard InChI is InChI=1S/C24H26ClN3O3/c1-31-18-12-10-16(11-13-18)22-14-21(19-8-4-5-9-20(19)25)27-28(22)23(29)15-26-24(30)17-6-2-3-7-17/h4-5,8-13,17,22H,2-3,6-7,14-15H2,1H3,(H,26,30)/t22-/m0/s1. The topological polar surface area (TPSA) is 71.0 Å². The lowest BCUT2D eigenvalue weighted by atomic mass is 9.98. The number of nitrogens with zero attached hydrogens (tertiary/aromatic N) is 2. The molecular weight excluding hydrogens is 414 g/mol. The van der Waals surface area contributed by atoms with E-state index in [-0.39, 0.29) is 30.3 Å². The van der Waals surface area contributed by atoms with Crippen LogP contribution in [0.2, 0.25) is 5.02 Å². The monoisotopic (exact) mass is 439 g/mol. The average molecular weight is 440 g/mol. The number of ether oxygens (including phenoxy) is 1. The molecule has 0 saturated heterocycles. The number of amides is 2. The number of halogens is 1. The predicted molar refractivity (Wildman–Crippen MR) is 120 cm³/mol. The van der Waals surface area contributed by atoms with Gasteiger partial charge >= 0.3 is 0 Å². The van der Waals surface area contributed by atoms with Crippen LogP contribution < -0.4 is 10.1 Å². The van der Waals surface area contributed by atoms with Gasteiger partial charge in [0.25, 0.3) is 5.91 Å². The molecule has 0 unspecified atom stereocenters. The molecule has 1 heterocycles. The van der Waals surface area contributed by atoms with Crippen molar-refractivity contribution < 1.29 is 14.3 Å². The van der Waals surface area contributed by atoms with Gasteiger partial charge in [-0.3, -0.25) is 9.59 Å². The first-order chi connectivity index (χ1) is 15.1. The molecule has 2 aromatic carbocycles. The van der Waals surface area contributed by atoms with Gasteiger partial charge in [0.15, 0.2) is 0 Å². The van der Waals surface area contributed by atoms with Crippen molar-refractivity contribution in [2.24, 2.45) is 11.0 Å². The van der Waals surface area contributed by atoms with E-state index in [0.717, 1.165) is 48.3 Å². The minimum absolute atomic E-state index is 0.0194. The molecule has 1 fully saturated rings. The highest BCUT2D eigenvalue weighted by Gasteiger charge is 2.34. The van der Waals surface area contributed by atoms with Gasteiger partial charge in [0.2, 0.25) is 5.91 Å². The van der Waals surface area contributed by atoms with Gasteiger partial charge in [0.1, 0.15) is 5.75 Å². The van der Waals surface area contributed by atoms with Crippen molar-refractivity contribution in [2.75, 3.05) is 13.7 Å². The van der Waals surface area contributed by atoms with Gasteiger partial charge in [-0.25, -0.2) is 5.01 Å². The lowest BCUT2D eigenvalue weighted by Gasteiger charge is -2.22. The summed E-state index contributed by atoms with van der Waals surface area (Å²) in [5.74, 6) is 0.484. The Kier molecular flexibility index (Phi) is 6.56. The Morgan fingerprint density at radius 1 is 1.13 bits per heavy atom. The molecule has 0 spiro atoms. The zero-order valence-corrected chi connectivity index (χ0v) is 18.3. The Hall–Kier alpha value is -2.86. The maximum absolute atomic E-state index is 13.1. The highest BCUT2D eigenvalue weighted by atomic mass is 35.5. The van der Waals surface area contributed by atoms with Gasteiger partial charge in [-0.1, -0.05) is 54.8 Å². The summed E-state index contributed by atoms with van der Waals surface area (Å²) < 4.78 is 5.25. The maximum Gasteiger partial charge on any atom is 0.262 e. The van der Waals surface area contributed by atoms with E-state index in [2.05, 4.69) is 10.4 Å². The van der Waals surface area contributed by atoms with Gasteiger partial charge in [-0.2, -0.15) is 5.10 Å². The van der Waals surface area contributed by atoms with Crippen LogP contribution in [-0.2, 0) is 9.59 Å². The molecule has 2 aromatic rings. The fourth-order valence-electron chi connectivity index (χ4n) is 4.26. The highest BCUT2D eigenvalue weighted by molar-refractivity contribution is 6.34. The van der Waals surface area contributed by atoms with Gasteiger partial charge in [0.05, 0.1) is 25.4 Å². The Morgan fingerprint density at radius 3 is 2.52 bits per heavy atom. The lowest BCUT2D eigenvalue weighted by Crippen LogP contribution is -2.39. The molecule has 1 atom stereocenters. The van der Waals surface area contributed by atoms with Crippen LogP contribution in [0.1, 0.15) is 49.3 Å². The predicted octanol–water partition coefficient (Wildman–Crippen LogP) is 4.33. The number of hydrogen-bond acceptors (Lipinski definition) is 4. The van der Waals surface area contributed by atoms with E-state index >= 15 is 0 Å². The number of carbonyl (C=O) groups is 2. The van der Waals surface area contributed by atoms with E-state index in [1.165, 1.54) is 5.01 Å². The summed E-state index contributed by atoms with van der Waals surface area (Å²) in [5.41, 5.74) is 2.51. The molecule has 0 radical (unpaired) electrons. The zero-order valence-electron chi connectivity index (χ0n) is 17.5. The quantitative estimate of drug-likeness (QED) is 0.728. The second-order valence-electron chi connectivity index (χ2n) is 7.96. The SMILES string of the molecule is COc1ccc([C@@H]2CC(c3ccccc3Cl)=NN2C(=O)CNC(=O)C2CCCC2)cc1. The van der Waals surface area contributed by atoms with Crippen LogP contribution in [0.25, 0.3) is 0 Å². The fourth-order valence-corrected chi connectivity index (χ4v) is 4.50. The van der Waals surface area contributed by atoms with Gasteiger partial charge in [-0.15, -0.1) is 0 Å². The van der Waals surface area contributed by atoms with Crippen LogP contribution in [0.3, 0.4) is 0 Å². The normalized spacial score (nSPS) is 18.7. The molecule has 0 aromatic heterocycles. The van der Waals surface area contributed by atoms with Crippen LogP contribution in [-0.4, -0.2) is 36.2 Å². The molecule has 1 N–H and O–H groups in total. The molecule has 1 aliphatic carbocycles. The fraction of sp³-hybridized carbons (Fsp3) is 0.375. The van der Waals surface area contributed by atoms with Crippen molar-refractivity contribution in [2.45, 2.75) is 38.1 Å². The minimum atomic E-state index is -0.270. The van der Waals surface area contributed by atoms with Crippen molar-refractivity contribution in [3.8, 4) is 5.75 Å². The van der Waals surface area contributed by atoms with E-state index in [0.29, 0.717) is 11.4 Å². The van der Waals surface area contributed by atoms with E-state index < -0.39 is 0 Å². The van der Waals surface area contributed by atoms with Crippen LogP contribution in [0.5, 0.6) is 5.75 Å². The van der Waals surface area contributed by atoms with Crippen molar-refractivity contribution in [3.63, 3.8) is 0 Å². The summed E-state index contributed by atoms with van der Waals surface area (Å²) in [7, 11) is 1.62. The summed E-state index contributed by atoms with van der Waals surface area (Å²) in [5, 5.41) is 9.52. The number of methoxy groups -OCH3 is 1. The molecule has 7 heteroatoms. The lowest BCUT2D eigenvalue weighted by molar-refractivity contribution is -0.135.